The van der Waals surface area contributed by atoms with Gasteiger partial charge in [-0.25, -0.2) is 4.98 Å². The maximum Gasteiger partial charge on any atom is 0.188 e. The highest BCUT2D eigenvalue weighted by molar-refractivity contribution is 14.0. The van der Waals surface area contributed by atoms with Gasteiger partial charge in [0.1, 0.15) is 5.65 Å². The third kappa shape index (κ3) is 5.19. The number of nitrogens with zero attached hydrogens (tertiary/aromatic N) is 4. The van der Waals surface area contributed by atoms with Crippen molar-refractivity contribution in [3.05, 3.63) is 66.4 Å². The van der Waals surface area contributed by atoms with Crippen molar-refractivity contribution in [2.24, 2.45) is 10.7 Å². The van der Waals surface area contributed by atoms with E-state index in [1.54, 1.807) is 6.20 Å². The smallest absolute Gasteiger partial charge is 0.188 e. The van der Waals surface area contributed by atoms with Crippen molar-refractivity contribution in [1.29, 1.82) is 0 Å². The van der Waals surface area contributed by atoms with Crippen LogP contribution in [-0.2, 0) is 12.8 Å². The first kappa shape index (κ1) is 18.2. The summed E-state index contributed by atoms with van der Waals surface area (Å²) >= 11 is 0. The Morgan fingerprint density at radius 2 is 2.00 bits per heavy atom. The summed E-state index contributed by atoms with van der Waals surface area (Å²) in [5.41, 5.74) is 8.88. The van der Waals surface area contributed by atoms with Crippen molar-refractivity contribution < 1.29 is 0 Å². The molecule has 0 atom stereocenters. The fraction of sp³-hybridized carbons (Fsp3) is 0.235. The molecule has 0 fully saturated rings. The van der Waals surface area contributed by atoms with E-state index in [-0.39, 0.29) is 24.0 Å². The Morgan fingerprint density at radius 1 is 1.12 bits per heavy atom. The first-order valence-corrected chi connectivity index (χ1v) is 7.67. The van der Waals surface area contributed by atoms with Crippen LogP contribution in [0.5, 0.6) is 0 Å². The number of aliphatic imine (C=N–C) groups is 1. The van der Waals surface area contributed by atoms with Crippen LogP contribution in [-0.4, -0.2) is 33.4 Å². The molecule has 3 heterocycles. The van der Waals surface area contributed by atoms with Crippen LogP contribution in [0.1, 0.15) is 11.4 Å². The first-order valence-electron chi connectivity index (χ1n) is 7.67. The molecule has 0 unspecified atom stereocenters. The molecule has 7 heteroatoms. The van der Waals surface area contributed by atoms with Gasteiger partial charge in [0.2, 0.25) is 0 Å². The largest absolute Gasteiger partial charge is 0.370 e. The van der Waals surface area contributed by atoms with Crippen molar-refractivity contribution in [2.75, 3.05) is 13.1 Å². The second kappa shape index (κ2) is 9.21. The lowest BCUT2D eigenvalue weighted by Gasteiger charge is -2.04. The Morgan fingerprint density at radius 3 is 2.79 bits per heavy atom. The zero-order valence-electron chi connectivity index (χ0n) is 13.3. The molecule has 0 saturated heterocycles. The topological polar surface area (TPSA) is 80.6 Å². The lowest BCUT2D eigenvalue weighted by Crippen LogP contribution is -2.33. The molecule has 0 saturated carbocycles. The van der Waals surface area contributed by atoms with Crippen molar-refractivity contribution in [3.8, 4) is 0 Å². The lowest BCUT2D eigenvalue weighted by molar-refractivity contribution is 0.827. The molecule has 0 aliphatic rings. The van der Waals surface area contributed by atoms with Crippen LogP contribution in [0.15, 0.2) is 60.0 Å². The summed E-state index contributed by atoms with van der Waals surface area (Å²) in [5.74, 6) is 0.463. The van der Waals surface area contributed by atoms with Crippen molar-refractivity contribution in [2.45, 2.75) is 12.8 Å². The number of rotatable bonds is 6. The van der Waals surface area contributed by atoms with Crippen LogP contribution in [0, 0.1) is 0 Å². The summed E-state index contributed by atoms with van der Waals surface area (Å²) in [6.07, 6.45) is 7.40. The number of halogens is 1. The average Bonchev–Trinajstić information content (AvgIpc) is 2.98. The lowest BCUT2D eigenvalue weighted by atomic mass is 10.3. The maximum absolute atomic E-state index is 5.87. The SMILES string of the molecule is I.NC(=NCCc1ccccn1)NCCc1cn2ccccc2n1. The number of nitrogens with two attached hydrogens (primary N) is 1. The third-order valence-corrected chi connectivity index (χ3v) is 3.48. The highest BCUT2D eigenvalue weighted by Gasteiger charge is 2.01. The number of imidazole rings is 1. The summed E-state index contributed by atoms with van der Waals surface area (Å²) in [6, 6.07) is 11.8. The number of guanidine groups is 1. The summed E-state index contributed by atoms with van der Waals surface area (Å²) in [5, 5.41) is 3.12. The predicted molar refractivity (Wildman–Crippen MR) is 107 cm³/mol. The zero-order valence-corrected chi connectivity index (χ0v) is 15.6. The van der Waals surface area contributed by atoms with Crippen LogP contribution < -0.4 is 11.1 Å². The minimum atomic E-state index is 0. The van der Waals surface area contributed by atoms with E-state index in [0.717, 1.165) is 29.9 Å². The van der Waals surface area contributed by atoms with Crippen LogP contribution in [0.2, 0.25) is 0 Å². The molecule has 0 aromatic carbocycles. The standard InChI is InChI=1S/C17H20N6.HI/c18-17(20-10-7-14-5-1-3-9-19-14)21-11-8-15-13-23-12-4-2-6-16(23)22-15;/h1-6,9,12-13H,7-8,10-11H2,(H3,18,20,21);1H. The Labute approximate surface area is 158 Å². The van der Waals surface area contributed by atoms with Gasteiger partial charge in [0.15, 0.2) is 5.96 Å². The molecule has 0 spiro atoms. The van der Waals surface area contributed by atoms with Gasteiger partial charge in [0.25, 0.3) is 0 Å². The Kier molecular flexibility index (Phi) is 6.98. The van der Waals surface area contributed by atoms with Gasteiger partial charge in [-0.15, -0.1) is 24.0 Å². The molecule has 3 aromatic heterocycles. The molecule has 3 N–H and O–H groups in total. The van der Waals surface area contributed by atoms with Crippen LogP contribution in [0.25, 0.3) is 5.65 Å². The molecule has 24 heavy (non-hydrogen) atoms. The molecule has 0 bridgehead atoms. The summed E-state index contributed by atoms with van der Waals surface area (Å²) in [7, 11) is 0. The number of fused-ring (bicyclic) bond motifs is 1. The maximum atomic E-state index is 5.87. The molecule has 0 amide bonds. The number of hydrogen-bond acceptors (Lipinski definition) is 3. The van der Waals surface area contributed by atoms with Gasteiger partial charge in [-0.2, -0.15) is 0 Å². The van der Waals surface area contributed by atoms with Crippen molar-refractivity contribution in [1.82, 2.24) is 19.7 Å². The zero-order chi connectivity index (χ0) is 15.9. The molecular weight excluding hydrogens is 415 g/mol. The van der Waals surface area contributed by atoms with Gasteiger partial charge < -0.3 is 15.5 Å². The molecule has 3 rings (SSSR count). The van der Waals surface area contributed by atoms with E-state index in [1.807, 2.05) is 53.2 Å². The second-order valence-electron chi connectivity index (χ2n) is 5.21. The fourth-order valence-corrected chi connectivity index (χ4v) is 2.32. The second-order valence-corrected chi connectivity index (χ2v) is 5.21. The molecule has 0 aliphatic carbocycles. The quantitative estimate of drug-likeness (QED) is 0.352. The molecular formula is C17H21IN6. The van der Waals surface area contributed by atoms with E-state index in [2.05, 4.69) is 20.3 Å². The van der Waals surface area contributed by atoms with Crippen LogP contribution in [0.3, 0.4) is 0 Å². The highest BCUT2D eigenvalue weighted by atomic mass is 127. The first-order chi connectivity index (χ1) is 11.3. The Hall–Kier alpha value is -2.16. The van der Waals surface area contributed by atoms with Crippen LogP contribution in [0.4, 0.5) is 0 Å². The van der Waals surface area contributed by atoms with E-state index in [9.17, 15) is 0 Å². The average molecular weight is 436 g/mol. The van der Waals surface area contributed by atoms with Gasteiger partial charge in [-0.3, -0.25) is 9.98 Å². The summed E-state index contributed by atoms with van der Waals surface area (Å²) < 4.78 is 2.01. The summed E-state index contributed by atoms with van der Waals surface area (Å²) in [6.45, 7) is 1.34. The fourth-order valence-electron chi connectivity index (χ4n) is 2.32. The van der Waals surface area contributed by atoms with Crippen molar-refractivity contribution in [3.63, 3.8) is 0 Å². The Balaban J connectivity index is 0.00000208. The van der Waals surface area contributed by atoms with E-state index < -0.39 is 0 Å². The van der Waals surface area contributed by atoms with Gasteiger partial charge >= 0.3 is 0 Å². The Bertz CT molecular complexity index is 751. The van der Waals surface area contributed by atoms with E-state index in [1.165, 1.54) is 0 Å². The van der Waals surface area contributed by atoms with E-state index >= 15 is 0 Å². The monoisotopic (exact) mass is 436 g/mol. The summed E-state index contributed by atoms with van der Waals surface area (Å²) in [4.78, 5) is 13.1. The molecule has 0 radical (unpaired) electrons. The molecule has 0 aliphatic heterocycles. The molecule has 6 nitrogen and oxygen atoms in total. The highest BCUT2D eigenvalue weighted by Crippen LogP contribution is 2.04. The van der Waals surface area contributed by atoms with E-state index in [4.69, 9.17) is 5.73 Å². The van der Waals surface area contributed by atoms with Crippen molar-refractivity contribution >= 4 is 35.6 Å². The van der Waals surface area contributed by atoms with Gasteiger partial charge in [-0.05, 0) is 24.3 Å². The molecule has 126 valence electrons. The van der Waals surface area contributed by atoms with E-state index in [0.29, 0.717) is 19.0 Å². The molecule has 3 aromatic rings. The van der Waals surface area contributed by atoms with Gasteiger partial charge in [0, 0.05) is 50.2 Å². The van der Waals surface area contributed by atoms with Gasteiger partial charge in [0.05, 0.1) is 5.69 Å². The van der Waals surface area contributed by atoms with Crippen LogP contribution >= 0.6 is 24.0 Å². The number of nitrogens with one attached hydrogen (secondary N) is 1. The minimum Gasteiger partial charge on any atom is -0.370 e. The minimum absolute atomic E-state index is 0. The predicted octanol–water partition coefficient (Wildman–Crippen LogP) is 2.04. The third-order valence-electron chi connectivity index (χ3n) is 3.48. The number of aromatic nitrogens is 3. The van der Waals surface area contributed by atoms with Gasteiger partial charge in [-0.1, -0.05) is 12.1 Å². The number of pyridine rings is 2. The normalized spacial score (nSPS) is 11.2. The number of hydrogen-bond donors (Lipinski definition) is 2.